The van der Waals surface area contributed by atoms with Gasteiger partial charge in [-0.3, -0.25) is 29.1 Å². The van der Waals surface area contributed by atoms with Gasteiger partial charge in [0.1, 0.15) is 5.82 Å². The lowest BCUT2D eigenvalue weighted by atomic mass is 10.1. The van der Waals surface area contributed by atoms with Crippen LogP contribution in [0.5, 0.6) is 0 Å². The van der Waals surface area contributed by atoms with Gasteiger partial charge in [-0.25, -0.2) is 0 Å². The second-order valence-electron chi connectivity index (χ2n) is 6.54. The van der Waals surface area contributed by atoms with Crippen LogP contribution in [0.25, 0.3) is 5.69 Å². The summed E-state index contributed by atoms with van der Waals surface area (Å²) in [4.78, 5) is 50.2. The molecule has 2 aliphatic rings. The molecule has 138 valence electrons. The number of hydrogen-bond donors (Lipinski definition) is 3. The Balaban J connectivity index is 1.92. The van der Waals surface area contributed by atoms with E-state index in [1.54, 1.807) is 12.1 Å². The van der Waals surface area contributed by atoms with Gasteiger partial charge in [0, 0.05) is 19.2 Å². The maximum Gasteiger partial charge on any atom is 0.262 e. The number of hydrogen-bond acceptors (Lipinski definition) is 6. The Morgan fingerprint density at radius 3 is 2.41 bits per heavy atom. The summed E-state index contributed by atoms with van der Waals surface area (Å²) in [6.07, 6.45) is 1.98. The SMILES string of the molecule is NC(=O)c1ccc(-n2c(N)c3c(cc2=O)C(=O)NC3=O)cc1N1CCCC1. The van der Waals surface area contributed by atoms with Crippen molar-refractivity contribution >= 4 is 29.2 Å². The van der Waals surface area contributed by atoms with Crippen molar-refractivity contribution in [3.8, 4) is 5.69 Å². The van der Waals surface area contributed by atoms with E-state index in [0.29, 0.717) is 16.9 Å². The topological polar surface area (TPSA) is 141 Å². The molecule has 0 unspecified atom stereocenters. The number of nitrogens with one attached hydrogen (secondary N) is 1. The summed E-state index contributed by atoms with van der Waals surface area (Å²) in [7, 11) is 0. The van der Waals surface area contributed by atoms with E-state index in [2.05, 4.69) is 5.32 Å². The van der Waals surface area contributed by atoms with E-state index in [-0.39, 0.29) is 16.9 Å². The molecule has 2 aromatic rings. The van der Waals surface area contributed by atoms with Crippen molar-refractivity contribution < 1.29 is 14.4 Å². The van der Waals surface area contributed by atoms with Gasteiger partial charge in [0.15, 0.2) is 0 Å². The van der Waals surface area contributed by atoms with Crippen molar-refractivity contribution in [2.75, 3.05) is 23.7 Å². The largest absolute Gasteiger partial charge is 0.384 e. The number of rotatable bonds is 3. The van der Waals surface area contributed by atoms with Gasteiger partial charge in [0.05, 0.1) is 28.1 Å². The first-order valence-electron chi connectivity index (χ1n) is 8.49. The summed E-state index contributed by atoms with van der Waals surface area (Å²) in [5.41, 5.74) is 12.3. The lowest BCUT2D eigenvalue weighted by molar-refractivity contribution is 0.0878. The second-order valence-corrected chi connectivity index (χ2v) is 6.54. The van der Waals surface area contributed by atoms with Crippen molar-refractivity contribution in [3.05, 3.63) is 51.3 Å². The van der Waals surface area contributed by atoms with Gasteiger partial charge < -0.3 is 16.4 Å². The first kappa shape index (κ1) is 16.8. The van der Waals surface area contributed by atoms with Crippen LogP contribution in [0, 0.1) is 0 Å². The fraction of sp³-hybridized carbons (Fsp3) is 0.222. The predicted molar refractivity (Wildman–Crippen MR) is 98.2 cm³/mol. The fourth-order valence-corrected chi connectivity index (χ4v) is 3.63. The smallest absolute Gasteiger partial charge is 0.262 e. The van der Waals surface area contributed by atoms with Crippen molar-refractivity contribution in [2.45, 2.75) is 12.8 Å². The number of nitrogens with two attached hydrogens (primary N) is 2. The standard InChI is InChI=1S/C18H17N5O4/c19-15-14-11(17(26)21-18(14)27)8-13(24)23(15)9-3-4-10(16(20)25)12(7-9)22-5-1-2-6-22/h3-4,7-8H,1-2,5-6,19H2,(H2,20,25)(H,21,26,27). The van der Waals surface area contributed by atoms with E-state index >= 15 is 0 Å². The average Bonchev–Trinajstić information content (AvgIpc) is 3.23. The lowest BCUT2D eigenvalue weighted by Crippen LogP contribution is -2.26. The molecule has 0 atom stereocenters. The van der Waals surface area contributed by atoms with Crippen LogP contribution in [-0.2, 0) is 0 Å². The summed E-state index contributed by atoms with van der Waals surface area (Å²) in [5.74, 6) is -1.98. The quantitative estimate of drug-likeness (QED) is 0.652. The van der Waals surface area contributed by atoms with Gasteiger partial charge in [0.25, 0.3) is 23.3 Å². The molecule has 1 aromatic heterocycles. The maximum absolute atomic E-state index is 12.6. The Labute approximate surface area is 153 Å². The fourth-order valence-electron chi connectivity index (χ4n) is 3.63. The number of aromatic nitrogens is 1. The van der Waals surface area contributed by atoms with Crippen LogP contribution < -0.4 is 27.2 Å². The molecule has 0 spiro atoms. The highest BCUT2D eigenvalue weighted by atomic mass is 16.2. The van der Waals surface area contributed by atoms with E-state index in [9.17, 15) is 19.2 Å². The van der Waals surface area contributed by atoms with Crippen molar-refractivity contribution in [3.63, 3.8) is 0 Å². The van der Waals surface area contributed by atoms with Gasteiger partial charge in [-0.05, 0) is 31.0 Å². The third-order valence-electron chi connectivity index (χ3n) is 4.91. The zero-order valence-electron chi connectivity index (χ0n) is 14.3. The van der Waals surface area contributed by atoms with Crippen LogP contribution in [0.3, 0.4) is 0 Å². The molecule has 1 fully saturated rings. The Hall–Kier alpha value is -3.62. The molecule has 0 aliphatic carbocycles. The molecule has 27 heavy (non-hydrogen) atoms. The third kappa shape index (κ3) is 2.55. The normalized spacial score (nSPS) is 15.8. The third-order valence-corrected chi connectivity index (χ3v) is 4.91. The number of nitrogens with zero attached hydrogens (tertiary/aromatic N) is 2. The predicted octanol–water partition coefficient (Wildman–Crippen LogP) is 0.00240. The molecule has 9 nitrogen and oxygen atoms in total. The van der Waals surface area contributed by atoms with Gasteiger partial charge in [0.2, 0.25) is 0 Å². The van der Waals surface area contributed by atoms with Gasteiger partial charge in [-0.1, -0.05) is 0 Å². The minimum absolute atomic E-state index is 0.0266. The van der Waals surface area contributed by atoms with Crippen LogP contribution in [0.2, 0.25) is 0 Å². The zero-order chi connectivity index (χ0) is 19.3. The van der Waals surface area contributed by atoms with E-state index in [4.69, 9.17) is 11.5 Å². The minimum Gasteiger partial charge on any atom is -0.384 e. The Bertz CT molecular complexity index is 1070. The first-order valence-corrected chi connectivity index (χ1v) is 8.49. The monoisotopic (exact) mass is 367 g/mol. The van der Waals surface area contributed by atoms with E-state index < -0.39 is 23.3 Å². The number of nitrogen functional groups attached to an aromatic ring is 1. The van der Waals surface area contributed by atoms with Crippen LogP contribution in [0.1, 0.15) is 43.9 Å². The number of carbonyl (C=O) groups is 3. The zero-order valence-corrected chi connectivity index (χ0v) is 14.3. The van der Waals surface area contributed by atoms with Crippen molar-refractivity contribution in [1.82, 2.24) is 9.88 Å². The molecular weight excluding hydrogens is 350 g/mol. The number of imide groups is 1. The number of pyridine rings is 1. The van der Waals surface area contributed by atoms with Crippen molar-refractivity contribution in [2.24, 2.45) is 5.73 Å². The molecule has 9 heteroatoms. The van der Waals surface area contributed by atoms with Crippen LogP contribution in [-0.4, -0.2) is 35.4 Å². The highest BCUT2D eigenvalue weighted by molar-refractivity contribution is 6.23. The van der Waals surface area contributed by atoms with Crippen LogP contribution in [0.15, 0.2) is 29.1 Å². The molecule has 1 saturated heterocycles. The summed E-state index contributed by atoms with van der Waals surface area (Å²) in [5, 5.41) is 2.13. The Morgan fingerprint density at radius 1 is 1.04 bits per heavy atom. The average molecular weight is 367 g/mol. The number of primary amides is 1. The summed E-state index contributed by atoms with van der Waals surface area (Å²) < 4.78 is 1.15. The molecular formula is C18H17N5O4. The van der Waals surface area contributed by atoms with Crippen molar-refractivity contribution in [1.29, 1.82) is 0 Å². The molecule has 4 rings (SSSR count). The minimum atomic E-state index is -0.646. The molecule has 0 saturated carbocycles. The van der Waals surface area contributed by atoms with E-state index in [1.807, 2.05) is 4.90 Å². The Kier molecular flexibility index (Phi) is 3.72. The summed E-state index contributed by atoms with van der Waals surface area (Å²) >= 11 is 0. The molecule has 0 radical (unpaired) electrons. The highest BCUT2D eigenvalue weighted by Gasteiger charge is 2.32. The first-order chi connectivity index (χ1) is 12.9. The highest BCUT2D eigenvalue weighted by Crippen LogP contribution is 2.29. The number of carbonyl (C=O) groups excluding carboxylic acids is 3. The molecule has 5 N–H and O–H groups in total. The number of benzene rings is 1. The van der Waals surface area contributed by atoms with Gasteiger partial charge in [-0.15, -0.1) is 0 Å². The Morgan fingerprint density at radius 2 is 1.74 bits per heavy atom. The molecule has 1 aromatic carbocycles. The second kappa shape index (κ2) is 5.97. The molecule has 3 heterocycles. The van der Waals surface area contributed by atoms with Gasteiger partial charge >= 0.3 is 0 Å². The lowest BCUT2D eigenvalue weighted by Gasteiger charge is -2.22. The van der Waals surface area contributed by atoms with Gasteiger partial charge in [-0.2, -0.15) is 0 Å². The molecule has 0 bridgehead atoms. The number of anilines is 2. The number of fused-ring (bicyclic) bond motifs is 1. The van der Waals surface area contributed by atoms with Crippen LogP contribution >= 0.6 is 0 Å². The van der Waals surface area contributed by atoms with E-state index in [0.717, 1.165) is 36.6 Å². The summed E-state index contributed by atoms with van der Waals surface area (Å²) in [6.45, 7) is 1.55. The molecule has 2 aliphatic heterocycles. The van der Waals surface area contributed by atoms with Crippen LogP contribution in [0.4, 0.5) is 11.5 Å². The number of amides is 3. The summed E-state index contributed by atoms with van der Waals surface area (Å²) in [6, 6.07) is 5.82. The van der Waals surface area contributed by atoms with E-state index in [1.165, 1.54) is 6.07 Å². The maximum atomic E-state index is 12.6. The molecule has 3 amide bonds.